The highest BCUT2D eigenvalue weighted by molar-refractivity contribution is 5.93. The molecule has 1 aromatic heterocycles. The Labute approximate surface area is 127 Å². The van der Waals surface area contributed by atoms with E-state index in [1.165, 1.54) is 61.8 Å². The first kappa shape index (κ1) is 14.3. The summed E-state index contributed by atoms with van der Waals surface area (Å²) >= 11 is 0. The molecule has 1 saturated heterocycles. The maximum atomic E-state index is 4.27. The molecule has 1 unspecified atom stereocenters. The minimum absolute atomic E-state index is 0.581. The summed E-state index contributed by atoms with van der Waals surface area (Å²) in [7, 11) is 0. The SMILES string of the molecule is CCCN1CCCC(Nc2cccc3ccncc23)CC1. The molecule has 1 aliphatic rings. The van der Waals surface area contributed by atoms with Gasteiger partial charge in [0, 0.05) is 36.1 Å². The Balaban J connectivity index is 1.70. The molecule has 0 aliphatic carbocycles. The summed E-state index contributed by atoms with van der Waals surface area (Å²) in [5, 5.41) is 6.25. The van der Waals surface area contributed by atoms with Crippen molar-refractivity contribution in [1.29, 1.82) is 0 Å². The summed E-state index contributed by atoms with van der Waals surface area (Å²) in [4.78, 5) is 6.88. The van der Waals surface area contributed by atoms with Gasteiger partial charge in [-0.05, 0) is 56.3 Å². The van der Waals surface area contributed by atoms with E-state index in [-0.39, 0.29) is 0 Å². The van der Waals surface area contributed by atoms with E-state index in [9.17, 15) is 0 Å². The topological polar surface area (TPSA) is 28.2 Å². The van der Waals surface area contributed by atoms with Gasteiger partial charge in [0.2, 0.25) is 0 Å². The number of benzene rings is 1. The molecule has 2 aromatic rings. The molecule has 1 fully saturated rings. The first-order valence-corrected chi connectivity index (χ1v) is 8.18. The minimum atomic E-state index is 0.581. The van der Waals surface area contributed by atoms with Crippen LogP contribution in [0.5, 0.6) is 0 Å². The summed E-state index contributed by atoms with van der Waals surface area (Å²) in [6, 6.07) is 9.12. The van der Waals surface area contributed by atoms with Crippen molar-refractivity contribution >= 4 is 16.5 Å². The standard InChI is InChI=1S/C18H25N3/c1-2-11-21-12-4-6-16(9-13-21)20-18-7-3-5-15-8-10-19-14-17(15)18/h3,5,7-8,10,14,16,20H,2,4,6,9,11-13H2,1H3. The summed E-state index contributed by atoms with van der Waals surface area (Å²) in [6.45, 7) is 5.98. The second-order valence-corrected chi connectivity index (χ2v) is 6.02. The van der Waals surface area contributed by atoms with Crippen LogP contribution in [-0.2, 0) is 0 Å². The summed E-state index contributed by atoms with van der Waals surface area (Å²) in [6.07, 6.45) is 8.87. The van der Waals surface area contributed by atoms with E-state index in [2.05, 4.69) is 46.4 Å². The van der Waals surface area contributed by atoms with Gasteiger partial charge < -0.3 is 10.2 Å². The van der Waals surface area contributed by atoms with Crippen molar-refractivity contribution in [3.05, 3.63) is 36.7 Å². The maximum absolute atomic E-state index is 4.27. The number of nitrogens with zero attached hydrogens (tertiary/aromatic N) is 2. The van der Waals surface area contributed by atoms with E-state index in [0.717, 1.165) is 0 Å². The van der Waals surface area contributed by atoms with Gasteiger partial charge in [0.05, 0.1) is 0 Å². The Morgan fingerprint density at radius 3 is 3.10 bits per heavy atom. The van der Waals surface area contributed by atoms with Crippen LogP contribution in [0, 0.1) is 0 Å². The lowest BCUT2D eigenvalue weighted by Crippen LogP contribution is -2.27. The summed E-state index contributed by atoms with van der Waals surface area (Å²) in [5.41, 5.74) is 1.23. The maximum Gasteiger partial charge on any atom is 0.0437 e. The van der Waals surface area contributed by atoms with Crippen molar-refractivity contribution in [3.8, 4) is 0 Å². The van der Waals surface area contributed by atoms with Crippen molar-refractivity contribution in [3.63, 3.8) is 0 Å². The molecule has 0 spiro atoms. The molecule has 3 rings (SSSR count). The van der Waals surface area contributed by atoms with Crippen molar-refractivity contribution < 1.29 is 0 Å². The highest BCUT2D eigenvalue weighted by Gasteiger charge is 2.16. The number of nitrogens with one attached hydrogen (secondary N) is 1. The highest BCUT2D eigenvalue weighted by atomic mass is 15.1. The predicted octanol–water partition coefficient (Wildman–Crippen LogP) is 3.91. The van der Waals surface area contributed by atoms with Gasteiger partial charge in [-0.2, -0.15) is 0 Å². The molecule has 2 heterocycles. The largest absolute Gasteiger partial charge is 0.382 e. The van der Waals surface area contributed by atoms with Gasteiger partial charge in [-0.3, -0.25) is 4.98 Å². The second-order valence-electron chi connectivity index (χ2n) is 6.02. The van der Waals surface area contributed by atoms with Gasteiger partial charge >= 0.3 is 0 Å². The van der Waals surface area contributed by atoms with Crippen LogP contribution in [-0.4, -0.2) is 35.6 Å². The normalized spacial score (nSPS) is 20.3. The molecule has 3 nitrogen and oxygen atoms in total. The zero-order valence-electron chi connectivity index (χ0n) is 12.9. The Hall–Kier alpha value is -1.61. The molecule has 112 valence electrons. The number of hydrogen-bond acceptors (Lipinski definition) is 3. The molecule has 1 aromatic carbocycles. The van der Waals surface area contributed by atoms with E-state index < -0.39 is 0 Å². The first-order valence-electron chi connectivity index (χ1n) is 8.18. The Morgan fingerprint density at radius 2 is 2.19 bits per heavy atom. The lowest BCUT2D eigenvalue weighted by Gasteiger charge is -2.20. The third kappa shape index (κ3) is 3.53. The van der Waals surface area contributed by atoms with E-state index in [1.807, 2.05) is 12.4 Å². The quantitative estimate of drug-likeness (QED) is 0.922. The van der Waals surface area contributed by atoms with Crippen LogP contribution in [0.2, 0.25) is 0 Å². The first-order chi connectivity index (χ1) is 10.4. The third-order valence-electron chi connectivity index (χ3n) is 4.40. The number of anilines is 1. The number of aromatic nitrogens is 1. The summed E-state index contributed by atoms with van der Waals surface area (Å²) < 4.78 is 0. The molecule has 1 N–H and O–H groups in total. The lowest BCUT2D eigenvalue weighted by molar-refractivity contribution is 0.285. The Kier molecular flexibility index (Phi) is 4.71. The average Bonchev–Trinajstić information content (AvgIpc) is 2.74. The zero-order valence-corrected chi connectivity index (χ0v) is 12.9. The second kappa shape index (κ2) is 6.90. The fourth-order valence-electron chi connectivity index (χ4n) is 3.30. The van der Waals surface area contributed by atoms with Gasteiger partial charge in [0.1, 0.15) is 0 Å². The van der Waals surface area contributed by atoms with Crippen molar-refractivity contribution in [2.75, 3.05) is 25.0 Å². The van der Waals surface area contributed by atoms with E-state index in [1.54, 1.807) is 0 Å². The number of pyridine rings is 1. The molecule has 0 amide bonds. The molecule has 1 aliphatic heterocycles. The minimum Gasteiger partial charge on any atom is -0.382 e. The van der Waals surface area contributed by atoms with Crippen LogP contribution in [0.1, 0.15) is 32.6 Å². The number of hydrogen-bond donors (Lipinski definition) is 1. The number of likely N-dealkylation sites (tertiary alicyclic amines) is 1. The fourth-order valence-corrected chi connectivity index (χ4v) is 3.30. The number of rotatable bonds is 4. The Morgan fingerprint density at radius 1 is 1.24 bits per heavy atom. The third-order valence-corrected chi connectivity index (χ3v) is 4.40. The van der Waals surface area contributed by atoms with Crippen molar-refractivity contribution in [1.82, 2.24) is 9.88 Å². The van der Waals surface area contributed by atoms with Gasteiger partial charge in [-0.15, -0.1) is 0 Å². The van der Waals surface area contributed by atoms with Gasteiger partial charge in [0.25, 0.3) is 0 Å². The number of fused-ring (bicyclic) bond motifs is 1. The van der Waals surface area contributed by atoms with E-state index in [4.69, 9.17) is 0 Å². The highest BCUT2D eigenvalue weighted by Crippen LogP contribution is 2.25. The van der Waals surface area contributed by atoms with Crippen molar-refractivity contribution in [2.45, 2.75) is 38.6 Å². The van der Waals surface area contributed by atoms with Crippen LogP contribution in [0.3, 0.4) is 0 Å². The zero-order chi connectivity index (χ0) is 14.5. The average molecular weight is 283 g/mol. The van der Waals surface area contributed by atoms with Crippen LogP contribution in [0.4, 0.5) is 5.69 Å². The fraction of sp³-hybridized carbons (Fsp3) is 0.500. The van der Waals surface area contributed by atoms with Gasteiger partial charge in [-0.1, -0.05) is 19.1 Å². The van der Waals surface area contributed by atoms with Crippen LogP contribution < -0.4 is 5.32 Å². The van der Waals surface area contributed by atoms with Gasteiger partial charge in [-0.25, -0.2) is 0 Å². The predicted molar refractivity (Wildman–Crippen MR) is 89.7 cm³/mol. The van der Waals surface area contributed by atoms with Crippen LogP contribution in [0.15, 0.2) is 36.7 Å². The molecule has 0 saturated carbocycles. The lowest BCUT2D eigenvalue weighted by atomic mass is 10.1. The van der Waals surface area contributed by atoms with E-state index in [0.29, 0.717) is 6.04 Å². The molecule has 0 bridgehead atoms. The molecule has 0 radical (unpaired) electrons. The molecule has 21 heavy (non-hydrogen) atoms. The Bertz CT molecular complexity index is 576. The molecular formula is C18H25N3. The van der Waals surface area contributed by atoms with E-state index >= 15 is 0 Å². The molecule has 3 heteroatoms. The van der Waals surface area contributed by atoms with Crippen LogP contribution in [0.25, 0.3) is 10.8 Å². The van der Waals surface area contributed by atoms with Gasteiger partial charge in [0.15, 0.2) is 0 Å². The monoisotopic (exact) mass is 283 g/mol. The summed E-state index contributed by atoms with van der Waals surface area (Å²) in [5.74, 6) is 0. The van der Waals surface area contributed by atoms with Crippen LogP contribution >= 0.6 is 0 Å². The molecular weight excluding hydrogens is 258 g/mol. The molecule has 1 atom stereocenters. The van der Waals surface area contributed by atoms with Crippen molar-refractivity contribution in [2.24, 2.45) is 0 Å². The smallest absolute Gasteiger partial charge is 0.0437 e.